The molecular formula is C14H16F4N2O4. The minimum absolute atomic E-state index is 0.361. The van der Waals surface area contributed by atoms with Gasteiger partial charge in [0.05, 0.1) is 12.3 Å². The number of hydrogen-bond acceptors (Lipinski definition) is 4. The van der Waals surface area contributed by atoms with Crippen LogP contribution in [0.5, 0.6) is 0 Å². The number of carbonyl (C=O) groups is 2. The summed E-state index contributed by atoms with van der Waals surface area (Å²) in [6.45, 7) is 1.60. The van der Waals surface area contributed by atoms with E-state index < -0.39 is 36.3 Å². The van der Waals surface area contributed by atoms with Crippen molar-refractivity contribution in [3.05, 3.63) is 30.1 Å². The van der Waals surface area contributed by atoms with Crippen LogP contribution in [0.4, 0.5) is 28.0 Å². The zero-order chi connectivity index (χ0) is 18.4. The number of alkyl halides is 3. The molecule has 0 aliphatic carbocycles. The van der Waals surface area contributed by atoms with Crippen molar-refractivity contribution in [2.75, 3.05) is 18.5 Å². The molecule has 0 aliphatic heterocycles. The Labute approximate surface area is 135 Å². The lowest BCUT2D eigenvalue weighted by Gasteiger charge is -2.33. The normalized spacial score (nSPS) is 13.8. The van der Waals surface area contributed by atoms with Gasteiger partial charge in [-0.2, -0.15) is 13.2 Å². The van der Waals surface area contributed by atoms with Crippen LogP contribution in [0.3, 0.4) is 0 Å². The van der Waals surface area contributed by atoms with Gasteiger partial charge in [-0.05, 0) is 26.0 Å². The van der Waals surface area contributed by atoms with E-state index in [4.69, 9.17) is 0 Å². The lowest BCUT2D eigenvalue weighted by atomic mass is 10.2. The summed E-state index contributed by atoms with van der Waals surface area (Å²) in [4.78, 5) is 23.6. The minimum atomic E-state index is -5.30. The molecule has 2 amide bonds. The molecule has 0 radical (unpaired) electrons. The molecule has 0 bridgehead atoms. The fourth-order valence-electron chi connectivity index (χ4n) is 1.74. The lowest BCUT2D eigenvalue weighted by Crippen LogP contribution is -2.67. The van der Waals surface area contributed by atoms with Crippen LogP contribution in [-0.2, 0) is 14.3 Å². The molecule has 0 aromatic heterocycles. The molecule has 10 heteroatoms. The Hall–Kier alpha value is -2.36. The third-order valence-electron chi connectivity index (χ3n) is 2.73. The first-order chi connectivity index (χ1) is 11.2. The highest BCUT2D eigenvalue weighted by atomic mass is 19.4. The molecule has 0 unspecified atom stereocenters. The van der Waals surface area contributed by atoms with Crippen molar-refractivity contribution in [1.82, 2.24) is 5.32 Å². The SMILES string of the molecule is CCOC(=O)[C@](NC(=O)Nc1ccccc1F)(OCC)C(F)(F)F. The van der Waals surface area contributed by atoms with Gasteiger partial charge in [-0.3, -0.25) is 5.32 Å². The molecule has 2 N–H and O–H groups in total. The Morgan fingerprint density at radius 3 is 2.25 bits per heavy atom. The number of esters is 1. The van der Waals surface area contributed by atoms with Crippen molar-refractivity contribution in [2.45, 2.75) is 25.7 Å². The van der Waals surface area contributed by atoms with Gasteiger partial charge in [0.1, 0.15) is 5.82 Å². The van der Waals surface area contributed by atoms with Crippen molar-refractivity contribution >= 4 is 17.7 Å². The first kappa shape index (κ1) is 19.7. The molecule has 0 saturated carbocycles. The Kier molecular flexibility index (Phi) is 6.52. The van der Waals surface area contributed by atoms with E-state index in [0.717, 1.165) is 12.1 Å². The second-order valence-electron chi connectivity index (χ2n) is 4.39. The van der Waals surface area contributed by atoms with Crippen molar-refractivity contribution in [3.63, 3.8) is 0 Å². The number of ether oxygens (including phenoxy) is 2. The Balaban J connectivity index is 3.09. The molecule has 0 aliphatic rings. The zero-order valence-electron chi connectivity index (χ0n) is 12.9. The van der Waals surface area contributed by atoms with Crippen LogP contribution in [0.2, 0.25) is 0 Å². The smallest absolute Gasteiger partial charge is 0.448 e. The summed E-state index contributed by atoms with van der Waals surface area (Å²) < 4.78 is 62.4. The van der Waals surface area contributed by atoms with Gasteiger partial charge >= 0.3 is 23.9 Å². The molecule has 134 valence electrons. The molecule has 24 heavy (non-hydrogen) atoms. The molecule has 1 aromatic carbocycles. The predicted molar refractivity (Wildman–Crippen MR) is 75.6 cm³/mol. The van der Waals surface area contributed by atoms with Crippen LogP contribution in [0.1, 0.15) is 13.8 Å². The second-order valence-corrected chi connectivity index (χ2v) is 4.39. The molecular weight excluding hydrogens is 336 g/mol. The topological polar surface area (TPSA) is 76.7 Å². The number of para-hydroxylation sites is 1. The average Bonchev–Trinajstić information content (AvgIpc) is 2.48. The van der Waals surface area contributed by atoms with E-state index >= 15 is 0 Å². The number of nitrogens with one attached hydrogen (secondary N) is 2. The maximum Gasteiger partial charge on any atom is 0.448 e. The number of halogens is 4. The Morgan fingerprint density at radius 1 is 1.12 bits per heavy atom. The predicted octanol–water partition coefficient (Wildman–Crippen LogP) is 2.81. The van der Waals surface area contributed by atoms with E-state index in [0.29, 0.717) is 0 Å². The number of amides is 2. The van der Waals surface area contributed by atoms with E-state index in [1.54, 1.807) is 0 Å². The van der Waals surface area contributed by atoms with Crippen LogP contribution in [0, 0.1) is 5.82 Å². The number of anilines is 1. The van der Waals surface area contributed by atoms with E-state index in [2.05, 4.69) is 9.47 Å². The van der Waals surface area contributed by atoms with Crippen molar-refractivity contribution in [1.29, 1.82) is 0 Å². The van der Waals surface area contributed by atoms with Crippen LogP contribution in [-0.4, -0.2) is 37.1 Å². The monoisotopic (exact) mass is 352 g/mol. The molecule has 1 aromatic rings. The van der Waals surface area contributed by atoms with E-state index in [1.807, 2.05) is 5.32 Å². The van der Waals surface area contributed by atoms with Crippen molar-refractivity contribution in [3.8, 4) is 0 Å². The fraction of sp³-hybridized carbons (Fsp3) is 0.429. The molecule has 1 atom stereocenters. The Bertz CT molecular complexity index is 594. The van der Waals surface area contributed by atoms with Gasteiger partial charge in [-0.1, -0.05) is 12.1 Å². The summed E-state index contributed by atoms with van der Waals surface area (Å²) in [5.41, 5.74) is -4.07. The standard InChI is InChI=1S/C14H16F4N2O4/c1-3-23-11(21)13(24-4-2,14(16,17)18)20-12(22)19-10-8-6-5-7-9(10)15/h5-8H,3-4H2,1-2H3,(H2,19,20,22)/t13-/m0/s1. The van der Waals surface area contributed by atoms with Gasteiger partial charge in [0, 0.05) is 6.61 Å². The largest absolute Gasteiger partial charge is 0.462 e. The zero-order valence-corrected chi connectivity index (χ0v) is 12.9. The first-order valence-corrected chi connectivity index (χ1v) is 6.89. The lowest BCUT2D eigenvalue weighted by molar-refractivity contribution is -0.282. The molecule has 0 spiro atoms. The summed E-state index contributed by atoms with van der Waals surface area (Å²) >= 11 is 0. The van der Waals surface area contributed by atoms with E-state index in [9.17, 15) is 27.2 Å². The van der Waals surface area contributed by atoms with Crippen LogP contribution >= 0.6 is 0 Å². The maximum atomic E-state index is 13.5. The summed E-state index contributed by atoms with van der Waals surface area (Å²) in [7, 11) is 0. The first-order valence-electron chi connectivity index (χ1n) is 6.89. The number of benzene rings is 1. The third kappa shape index (κ3) is 4.34. The van der Waals surface area contributed by atoms with Gasteiger partial charge in [0.2, 0.25) is 0 Å². The number of hydrogen-bond donors (Lipinski definition) is 2. The van der Waals surface area contributed by atoms with E-state index in [-0.39, 0.29) is 12.3 Å². The summed E-state index contributed by atoms with van der Waals surface area (Å²) in [5.74, 6) is -2.69. The average molecular weight is 352 g/mol. The maximum absolute atomic E-state index is 13.5. The molecule has 0 fully saturated rings. The second kappa shape index (κ2) is 7.95. The molecule has 0 heterocycles. The third-order valence-corrected chi connectivity index (χ3v) is 2.73. The van der Waals surface area contributed by atoms with Gasteiger partial charge in [0.15, 0.2) is 0 Å². The Morgan fingerprint density at radius 2 is 1.75 bits per heavy atom. The molecule has 1 rings (SSSR count). The van der Waals surface area contributed by atoms with Gasteiger partial charge in [-0.25, -0.2) is 14.0 Å². The van der Waals surface area contributed by atoms with E-state index in [1.165, 1.54) is 31.3 Å². The summed E-state index contributed by atoms with van der Waals surface area (Å²) in [6, 6.07) is 3.34. The fourth-order valence-corrected chi connectivity index (χ4v) is 1.74. The van der Waals surface area contributed by atoms with Gasteiger partial charge in [-0.15, -0.1) is 0 Å². The summed E-state index contributed by atoms with van der Waals surface area (Å²) in [5, 5.41) is 3.27. The molecule has 6 nitrogen and oxygen atoms in total. The highest BCUT2D eigenvalue weighted by Gasteiger charge is 2.64. The van der Waals surface area contributed by atoms with Crippen molar-refractivity contribution < 1.29 is 36.6 Å². The van der Waals surface area contributed by atoms with Gasteiger partial charge < -0.3 is 14.8 Å². The quantitative estimate of drug-likeness (QED) is 0.469. The number of carbonyl (C=O) groups excluding carboxylic acids is 2. The van der Waals surface area contributed by atoms with Gasteiger partial charge in [0.25, 0.3) is 0 Å². The van der Waals surface area contributed by atoms with Crippen LogP contribution in [0.25, 0.3) is 0 Å². The molecule has 0 saturated heterocycles. The highest BCUT2D eigenvalue weighted by Crippen LogP contribution is 2.33. The number of urea groups is 1. The van der Waals surface area contributed by atoms with Crippen LogP contribution in [0.15, 0.2) is 24.3 Å². The highest BCUT2D eigenvalue weighted by molar-refractivity contribution is 5.94. The number of rotatable bonds is 6. The van der Waals surface area contributed by atoms with Crippen molar-refractivity contribution in [2.24, 2.45) is 0 Å². The minimum Gasteiger partial charge on any atom is -0.462 e. The summed E-state index contributed by atoms with van der Waals surface area (Å²) in [6.07, 6.45) is -5.30. The van der Waals surface area contributed by atoms with Crippen LogP contribution < -0.4 is 10.6 Å².